The van der Waals surface area contributed by atoms with Crippen molar-refractivity contribution in [3.63, 3.8) is 0 Å². The Labute approximate surface area is 79.7 Å². The molecule has 0 aromatic carbocycles. The van der Waals surface area contributed by atoms with Gasteiger partial charge in [-0.25, -0.2) is 0 Å². The van der Waals surface area contributed by atoms with E-state index in [9.17, 15) is 9.90 Å². The minimum absolute atomic E-state index is 0.213. The van der Waals surface area contributed by atoms with E-state index < -0.39 is 0 Å². The SMILES string of the molecule is CCCCCC(=O)N1CC[C@@H](O)C1. The van der Waals surface area contributed by atoms with Crippen molar-refractivity contribution < 1.29 is 9.90 Å². The number of unbranched alkanes of at least 4 members (excludes halogenated alkanes) is 2. The number of β-amino-alcohol motifs (C(OH)–C–C–N with tert-alkyl or cyclic N) is 1. The summed E-state index contributed by atoms with van der Waals surface area (Å²) >= 11 is 0. The van der Waals surface area contributed by atoms with Crippen molar-refractivity contribution in [1.82, 2.24) is 4.90 Å². The summed E-state index contributed by atoms with van der Waals surface area (Å²) in [5.74, 6) is 0.213. The molecule has 1 N–H and O–H groups in total. The van der Waals surface area contributed by atoms with Gasteiger partial charge in [-0.05, 0) is 12.8 Å². The van der Waals surface area contributed by atoms with E-state index in [4.69, 9.17) is 0 Å². The lowest BCUT2D eigenvalue weighted by molar-refractivity contribution is -0.130. The van der Waals surface area contributed by atoms with Gasteiger partial charge in [0.2, 0.25) is 5.91 Å². The first-order valence-corrected chi connectivity index (χ1v) is 5.20. The molecule has 1 rings (SSSR count). The van der Waals surface area contributed by atoms with Gasteiger partial charge in [0.25, 0.3) is 0 Å². The number of hydrogen-bond donors (Lipinski definition) is 1. The van der Waals surface area contributed by atoms with Crippen LogP contribution in [0.15, 0.2) is 0 Å². The fourth-order valence-corrected chi connectivity index (χ4v) is 1.65. The molecule has 1 amide bonds. The zero-order chi connectivity index (χ0) is 9.68. The lowest BCUT2D eigenvalue weighted by atomic mass is 10.2. The van der Waals surface area contributed by atoms with Gasteiger partial charge < -0.3 is 10.0 Å². The highest BCUT2D eigenvalue weighted by Crippen LogP contribution is 2.11. The zero-order valence-corrected chi connectivity index (χ0v) is 8.33. The van der Waals surface area contributed by atoms with E-state index in [0.29, 0.717) is 13.0 Å². The number of likely N-dealkylation sites (tertiary alicyclic amines) is 1. The van der Waals surface area contributed by atoms with Gasteiger partial charge in [-0.15, -0.1) is 0 Å². The number of carbonyl (C=O) groups excluding carboxylic acids is 1. The van der Waals surface area contributed by atoms with Gasteiger partial charge in [0.1, 0.15) is 0 Å². The average Bonchev–Trinajstić information content (AvgIpc) is 2.52. The van der Waals surface area contributed by atoms with Crippen LogP contribution in [0.1, 0.15) is 39.0 Å². The van der Waals surface area contributed by atoms with Crippen LogP contribution >= 0.6 is 0 Å². The second-order valence-electron chi connectivity index (χ2n) is 3.74. The monoisotopic (exact) mass is 185 g/mol. The van der Waals surface area contributed by atoms with Crippen LogP contribution in [-0.4, -0.2) is 35.1 Å². The topological polar surface area (TPSA) is 40.5 Å². The van der Waals surface area contributed by atoms with Gasteiger partial charge in [-0.3, -0.25) is 4.79 Å². The molecule has 1 heterocycles. The number of nitrogens with zero attached hydrogens (tertiary/aromatic N) is 1. The summed E-state index contributed by atoms with van der Waals surface area (Å²) in [7, 11) is 0. The van der Waals surface area contributed by atoms with E-state index in [-0.39, 0.29) is 12.0 Å². The van der Waals surface area contributed by atoms with Crippen molar-refractivity contribution in [2.45, 2.75) is 45.1 Å². The van der Waals surface area contributed by atoms with Gasteiger partial charge in [-0.1, -0.05) is 19.8 Å². The Hall–Kier alpha value is -0.570. The highest BCUT2D eigenvalue weighted by atomic mass is 16.3. The summed E-state index contributed by atoms with van der Waals surface area (Å²) in [5, 5.41) is 9.23. The zero-order valence-electron chi connectivity index (χ0n) is 8.33. The first-order valence-electron chi connectivity index (χ1n) is 5.20. The first-order chi connectivity index (χ1) is 6.24. The fraction of sp³-hybridized carbons (Fsp3) is 0.900. The van der Waals surface area contributed by atoms with Crippen molar-refractivity contribution in [3.8, 4) is 0 Å². The molecule has 1 fully saturated rings. The van der Waals surface area contributed by atoms with E-state index in [1.54, 1.807) is 4.90 Å². The molecule has 0 aromatic rings. The molecule has 76 valence electrons. The van der Waals surface area contributed by atoms with Crippen LogP contribution in [0.3, 0.4) is 0 Å². The minimum atomic E-state index is -0.282. The number of carbonyl (C=O) groups is 1. The molecule has 3 heteroatoms. The largest absolute Gasteiger partial charge is 0.391 e. The Morgan fingerprint density at radius 2 is 2.31 bits per heavy atom. The Balaban J connectivity index is 2.16. The predicted octanol–water partition coefficient (Wildman–Crippen LogP) is 1.16. The normalized spacial score (nSPS) is 22.3. The lowest BCUT2D eigenvalue weighted by Gasteiger charge is -2.14. The summed E-state index contributed by atoms with van der Waals surface area (Å²) in [6.45, 7) is 3.42. The highest BCUT2D eigenvalue weighted by Gasteiger charge is 2.23. The van der Waals surface area contributed by atoms with Gasteiger partial charge >= 0.3 is 0 Å². The van der Waals surface area contributed by atoms with Crippen LogP contribution in [0.4, 0.5) is 0 Å². The molecule has 1 aliphatic rings. The molecule has 1 atom stereocenters. The number of hydrogen-bond acceptors (Lipinski definition) is 2. The van der Waals surface area contributed by atoms with E-state index in [1.165, 1.54) is 0 Å². The van der Waals surface area contributed by atoms with E-state index in [1.807, 2.05) is 0 Å². The number of rotatable bonds is 4. The summed E-state index contributed by atoms with van der Waals surface area (Å²) < 4.78 is 0. The Bertz CT molecular complexity index is 170. The van der Waals surface area contributed by atoms with E-state index >= 15 is 0 Å². The minimum Gasteiger partial charge on any atom is -0.391 e. The number of aliphatic hydroxyl groups is 1. The van der Waals surface area contributed by atoms with Crippen molar-refractivity contribution in [1.29, 1.82) is 0 Å². The molecule has 3 nitrogen and oxygen atoms in total. The maximum atomic E-state index is 11.5. The molecule has 0 aromatic heterocycles. The maximum absolute atomic E-state index is 11.5. The van der Waals surface area contributed by atoms with Crippen molar-refractivity contribution in [2.24, 2.45) is 0 Å². The molecule has 0 bridgehead atoms. The van der Waals surface area contributed by atoms with E-state index in [0.717, 1.165) is 32.2 Å². The molecule has 0 radical (unpaired) electrons. The van der Waals surface area contributed by atoms with Gasteiger partial charge in [0.15, 0.2) is 0 Å². The number of amides is 1. The third kappa shape index (κ3) is 3.35. The molecule has 0 unspecified atom stereocenters. The molecule has 1 saturated heterocycles. The molecule has 0 aliphatic carbocycles. The molecular formula is C10H19NO2. The van der Waals surface area contributed by atoms with Crippen LogP contribution in [0.2, 0.25) is 0 Å². The number of aliphatic hydroxyl groups excluding tert-OH is 1. The van der Waals surface area contributed by atoms with Crippen LogP contribution in [0, 0.1) is 0 Å². The van der Waals surface area contributed by atoms with Crippen LogP contribution < -0.4 is 0 Å². The Kier molecular flexibility index (Phi) is 4.22. The summed E-state index contributed by atoms with van der Waals surface area (Å²) in [6, 6.07) is 0. The Morgan fingerprint density at radius 3 is 2.85 bits per heavy atom. The van der Waals surface area contributed by atoms with E-state index in [2.05, 4.69) is 6.92 Å². The Morgan fingerprint density at radius 1 is 1.54 bits per heavy atom. The lowest BCUT2D eigenvalue weighted by Crippen LogP contribution is -2.29. The smallest absolute Gasteiger partial charge is 0.222 e. The van der Waals surface area contributed by atoms with Gasteiger partial charge in [0.05, 0.1) is 6.10 Å². The third-order valence-corrected chi connectivity index (χ3v) is 2.51. The predicted molar refractivity (Wildman–Crippen MR) is 51.3 cm³/mol. The second kappa shape index (κ2) is 5.22. The molecule has 1 aliphatic heterocycles. The first kappa shape index (κ1) is 10.5. The molecule has 0 saturated carbocycles. The summed E-state index contributed by atoms with van der Waals surface area (Å²) in [6.07, 6.45) is 4.38. The molecule has 13 heavy (non-hydrogen) atoms. The van der Waals surface area contributed by atoms with Gasteiger partial charge in [-0.2, -0.15) is 0 Å². The van der Waals surface area contributed by atoms with Crippen molar-refractivity contribution >= 4 is 5.91 Å². The van der Waals surface area contributed by atoms with Crippen molar-refractivity contribution in [3.05, 3.63) is 0 Å². The van der Waals surface area contributed by atoms with Crippen LogP contribution in [-0.2, 0) is 4.79 Å². The average molecular weight is 185 g/mol. The quantitative estimate of drug-likeness (QED) is 0.668. The standard InChI is InChI=1S/C10H19NO2/c1-2-3-4-5-10(13)11-7-6-9(12)8-11/h9,12H,2-8H2,1H3/t9-/m1/s1. The summed E-state index contributed by atoms with van der Waals surface area (Å²) in [5.41, 5.74) is 0. The second-order valence-corrected chi connectivity index (χ2v) is 3.74. The van der Waals surface area contributed by atoms with Crippen molar-refractivity contribution in [2.75, 3.05) is 13.1 Å². The van der Waals surface area contributed by atoms with Crippen LogP contribution in [0.5, 0.6) is 0 Å². The third-order valence-electron chi connectivity index (χ3n) is 2.51. The maximum Gasteiger partial charge on any atom is 0.222 e. The van der Waals surface area contributed by atoms with Gasteiger partial charge in [0, 0.05) is 19.5 Å². The summed E-state index contributed by atoms with van der Waals surface area (Å²) in [4.78, 5) is 13.3. The highest BCUT2D eigenvalue weighted by molar-refractivity contribution is 5.76. The molecular weight excluding hydrogens is 166 g/mol. The fourth-order valence-electron chi connectivity index (χ4n) is 1.65. The molecule has 0 spiro atoms. The van der Waals surface area contributed by atoms with Crippen LogP contribution in [0.25, 0.3) is 0 Å².